The van der Waals surface area contributed by atoms with Gasteiger partial charge in [-0.2, -0.15) is 4.57 Å². The number of carbonyl (C=O) groups is 2. The summed E-state index contributed by atoms with van der Waals surface area (Å²) >= 11 is 0. The predicted octanol–water partition coefficient (Wildman–Crippen LogP) is -0.781. The molecule has 132 valence electrons. The van der Waals surface area contributed by atoms with E-state index in [4.69, 9.17) is 0 Å². The first kappa shape index (κ1) is 19.4. The molecule has 2 aromatic rings. The van der Waals surface area contributed by atoms with Crippen LogP contribution in [0.25, 0.3) is 0 Å². The molecular weight excluding hydrogens is 429 g/mol. The van der Waals surface area contributed by atoms with E-state index in [0.717, 1.165) is 23.4 Å². The van der Waals surface area contributed by atoms with Crippen LogP contribution in [0.5, 0.6) is 0 Å². The van der Waals surface area contributed by atoms with Crippen molar-refractivity contribution < 1.29 is 38.1 Å². The standard InChI is InChI=1S/C19H21N3O2.HI/c1-3-11-22-17(23)13-21-12-7-6-10-16(21)18(22)19(24)20-15-9-5-4-8-14(15)2;/h4-10,12,18H,3,11,13H2,1-2H3;1H. The quantitative estimate of drug-likeness (QED) is 0.490. The average molecular weight is 451 g/mol. The molecule has 5 nitrogen and oxygen atoms in total. The molecule has 1 atom stereocenters. The number of hydrogen-bond acceptors (Lipinski definition) is 2. The van der Waals surface area contributed by atoms with Gasteiger partial charge in [0.15, 0.2) is 12.2 Å². The van der Waals surface area contributed by atoms with E-state index in [2.05, 4.69) is 5.32 Å². The second-order valence-corrected chi connectivity index (χ2v) is 6.05. The number of nitrogens with one attached hydrogen (secondary N) is 1. The van der Waals surface area contributed by atoms with Gasteiger partial charge in [-0.25, -0.2) is 0 Å². The summed E-state index contributed by atoms with van der Waals surface area (Å²) in [6.07, 6.45) is 2.66. The molecule has 6 heteroatoms. The Morgan fingerprint density at radius 2 is 1.96 bits per heavy atom. The largest absolute Gasteiger partial charge is 1.00 e. The smallest absolute Gasteiger partial charge is 0.289 e. The predicted molar refractivity (Wildman–Crippen MR) is 91.2 cm³/mol. The minimum Gasteiger partial charge on any atom is -1.00 e. The number of aryl methyl sites for hydroxylation is 1. The van der Waals surface area contributed by atoms with E-state index in [9.17, 15) is 9.59 Å². The van der Waals surface area contributed by atoms with Gasteiger partial charge in [0, 0.05) is 24.4 Å². The number of pyridine rings is 1. The van der Waals surface area contributed by atoms with Gasteiger partial charge in [0.05, 0.1) is 0 Å². The van der Waals surface area contributed by atoms with Crippen LogP contribution in [0.4, 0.5) is 5.69 Å². The zero-order chi connectivity index (χ0) is 17.1. The normalized spacial score (nSPS) is 16.0. The molecule has 0 fully saturated rings. The topological polar surface area (TPSA) is 53.3 Å². The Morgan fingerprint density at radius 3 is 2.68 bits per heavy atom. The van der Waals surface area contributed by atoms with E-state index in [1.807, 2.05) is 67.1 Å². The monoisotopic (exact) mass is 451 g/mol. The van der Waals surface area contributed by atoms with Crippen LogP contribution in [-0.4, -0.2) is 23.3 Å². The number of anilines is 1. The maximum absolute atomic E-state index is 13.0. The summed E-state index contributed by atoms with van der Waals surface area (Å²) < 4.78 is 1.86. The molecule has 1 unspecified atom stereocenters. The lowest BCUT2D eigenvalue weighted by Crippen LogP contribution is -3.00. The van der Waals surface area contributed by atoms with Crippen molar-refractivity contribution in [2.24, 2.45) is 0 Å². The maximum Gasteiger partial charge on any atom is 0.289 e. The third kappa shape index (κ3) is 4.00. The fraction of sp³-hybridized carbons (Fsp3) is 0.316. The molecule has 1 aromatic carbocycles. The minimum absolute atomic E-state index is 0. The number of nitrogens with zero attached hydrogens (tertiary/aromatic N) is 2. The Bertz CT molecular complexity index is 779. The summed E-state index contributed by atoms with van der Waals surface area (Å²) in [6, 6.07) is 12.7. The van der Waals surface area contributed by atoms with E-state index in [1.165, 1.54) is 0 Å². The summed E-state index contributed by atoms with van der Waals surface area (Å²) in [5.74, 6) is -0.198. The van der Waals surface area contributed by atoms with Gasteiger partial charge >= 0.3 is 0 Å². The molecule has 25 heavy (non-hydrogen) atoms. The van der Waals surface area contributed by atoms with E-state index >= 15 is 0 Å². The highest BCUT2D eigenvalue weighted by Crippen LogP contribution is 2.25. The fourth-order valence-corrected chi connectivity index (χ4v) is 3.11. The number of amides is 2. The van der Waals surface area contributed by atoms with Crippen molar-refractivity contribution in [2.45, 2.75) is 32.9 Å². The van der Waals surface area contributed by atoms with Gasteiger partial charge in [-0.15, -0.1) is 0 Å². The summed E-state index contributed by atoms with van der Waals surface area (Å²) in [4.78, 5) is 27.2. The molecule has 1 aliphatic heterocycles. The van der Waals surface area contributed by atoms with Crippen LogP contribution in [-0.2, 0) is 16.1 Å². The van der Waals surface area contributed by atoms with Crippen LogP contribution in [0.15, 0.2) is 48.7 Å². The van der Waals surface area contributed by atoms with Crippen molar-refractivity contribution in [2.75, 3.05) is 11.9 Å². The van der Waals surface area contributed by atoms with Crippen molar-refractivity contribution in [3.63, 3.8) is 0 Å². The molecule has 2 amide bonds. The van der Waals surface area contributed by atoms with Crippen molar-refractivity contribution in [1.82, 2.24) is 4.90 Å². The van der Waals surface area contributed by atoms with Gasteiger partial charge in [0.1, 0.15) is 0 Å². The number of halogens is 1. The van der Waals surface area contributed by atoms with E-state index < -0.39 is 6.04 Å². The van der Waals surface area contributed by atoms with Crippen LogP contribution in [0.2, 0.25) is 0 Å². The first-order chi connectivity index (χ1) is 11.6. The molecule has 0 spiro atoms. The molecule has 0 bridgehead atoms. The molecular formula is C19H22IN3O2. The Morgan fingerprint density at radius 1 is 1.24 bits per heavy atom. The highest BCUT2D eigenvalue weighted by Gasteiger charge is 2.42. The van der Waals surface area contributed by atoms with E-state index in [1.54, 1.807) is 4.90 Å². The molecule has 0 saturated carbocycles. The second-order valence-electron chi connectivity index (χ2n) is 6.05. The van der Waals surface area contributed by atoms with Crippen LogP contribution < -0.4 is 33.9 Å². The van der Waals surface area contributed by atoms with Crippen LogP contribution in [0.3, 0.4) is 0 Å². The lowest BCUT2D eigenvalue weighted by atomic mass is 10.1. The number of aromatic nitrogens is 1. The zero-order valence-electron chi connectivity index (χ0n) is 14.4. The first-order valence-electron chi connectivity index (χ1n) is 8.26. The van der Waals surface area contributed by atoms with Crippen LogP contribution >= 0.6 is 0 Å². The van der Waals surface area contributed by atoms with E-state index in [0.29, 0.717) is 6.54 Å². The number of hydrogen-bond donors (Lipinski definition) is 1. The Balaban J connectivity index is 0.00000225. The van der Waals surface area contributed by atoms with Crippen molar-refractivity contribution in [1.29, 1.82) is 0 Å². The number of para-hydroxylation sites is 1. The Hall–Kier alpha value is -1.96. The third-order valence-corrected chi connectivity index (χ3v) is 4.31. The third-order valence-electron chi connectivity index (χ3n) is 4.31. The summed E-state index contributed by atoms with van der Waals surface area (Å²) in [7, 11) is 0. The number of fused-ring (bicyclic) bond motifs is 1. The van der Waals surface area contributed by atoms with Crippen molar-refractivity contribution >= 4 is 17.5 Å². The molecule has 2 heterocycles. The van der Waals surface area contributed by atoms with Crippen LogP contribution in [0.1, 0.15) is 30.6 Å². The molecule has 0 aliphatic carbocycles. The highest BCUT2D eigenvalue weighted by molar-refractivity contribution is 5.98. The first-order valence-corrected chi connectivity index (χ1v) is 8.26. The highest BCUT2D eigenvalue weighted by atomic mass is 127. The van der Waals surface area contributed by atoms with Crippen molar-refractivity contribution in [3.05, 3.63) is 59.9 Å². The average Bonchev–Trinajstić information content (AvgIpc) is 2.57. The van der Waals surface area contributed by atoms with Gasteiger partial charge < -0.3 is 34.2 Å². The molecule has 1 aromatic heterocycles. The molecule has 0 radical (unpaired) electrons. The second kappa shape index (κ2) is 8.42. The lowest BCUT2D eigenvalue weighted by molar-refractivity contribution is -0.698. The number of rotatable bonds is 4. The Labute approximate surface area is 165 Å². The fourth-order valence-electron chi connectivity index (χ4n) is 3.11. The number of benzene rings is 1. The van der Waals surface area contributed by atoms with Gasteiger partial charge in [-0.05, 0) is 25.0 Å². The van der Waals surface area contributed by atoms with Crippen molar-refractivity contribution in [3.8, 4) is 0 Å². The van der Waals surface area contributed by atoms with Gasteiger partial charge in [-0.1, -0.05) is 31.2 Å². The summed E-state index contributed by atoms with van der Waals surface area (Å²) in [5.41, 5.74) is 2.62. The van der Waals surface area contributed by atoms with Gasteiger partial charge in [0.25, 0.3) is 11.8 Å². The SMILES string of the molecule is CCCN1C(=O)C[n+]2ccccc2C1C(=O)Nc1ccccc1C.[I-]. The van der Waals surface area contributed by atoms with Gasteiger partial charge in [0.2, 0.25) is 12.2 Å². The molecule has 3 rings (SSSR count). The van der Waals surface area contributed by atoms with Crippen LogP contribution in [0, 0.1) is 6.92 Å². The lowest BCUT2D eigenvalue weighted by Gasteiger charge is -2.32. The summed E-state index contributed by atoms with van der Waals surface area (Å²) in [5, 5.41) is 2.98. The van der Waals surface area contributed by atoms with Gasteiger partial charge in [-0.3, -0.25) is 9.59 Å². The maximum atomic E-state index is 13.0. The molecule has 1 aliphatic rings. The van der Waals surface area contributed by atoms with E-state index in [-0.39, 0.29) is 42.3 Å². The molecule has 1 N–H and O–H groups in total. The summed E-state index contributed by atoms with van der Waals surface area (Å²) in [6.45, 7) is 4.81. The zero-order valence-corrected chi connectivity index (χ0v) is 16.6. The molecule has 0 saturated heterocycles. The number of carbonyl (C=O) groups excluding carboxylic acids is 2. The Kier molecular flexibility index (Phi) is 6.52. The minimum atomic E-state index is -0.605.